The minimum Gasteiger partial charge on any atom is -0.393 e. The first kappa shape index (κ1) is 17.3. The van der Waals surface area contributed by atoms with Crippen molar-refractivity contribution in [1.82, 2.24) is 15.2 Å². The van der Waals surface area contributed by atoms with E-state index in [1.54, 1.807) is 6.20 Å². The molecule has 1 saturated carbocycles. The summed E-state index contributed by atoms with van der Waals surface area (Å²) in [6.45, 7) is 3.71. The van der Waals surface area contributed by atoms with Crippen LogP contribution >= 0.6 is 0 Å². The van der Waals surface area contributed by atoms with Crippen molar-refractivity contribution < 1.29 is 14.6 Å². The summed E-state index contributed by atoms with van der Waals surface area (Å²) < 4.78 is 5.44. The van der Waals surface area contributed by atoms with Crippen LogP contribution < -0.4 is 5.32 Å². The Hall–Kier alpha value is -1.50. The highest BCUT2D eigenvalue weighted by molar-refractivity contribution is 5.78. The van der Waals surface area contributed by atoms with Crippen LogP contribution in [0.2, 0.25) is 0 Å². The third kappa shape index (κ3) is 4.53. The predicted octanol–water partition coefficient (Wildman–Crippen LogP) is 1.12. The maximum atomic E-state index is 12.5. The molecule has 2 N–H and O–H groups in total. The number of amides is 1. The van der Waals surface area contributed by atoms with Gasteiger partial charge in [0.05, 0.1) is 31.1 Å². The molecule has 1 amide bonds. The lowest BCUT2D eigenvalue weighted by Gasteiger charge is -2.34. The molecule has 0 bridgehead atoms. The summed E-state index contributed by atoms with van der Waals surface area (Å²) in [6, 6.07) is 5.99. The standard InChI is InChI=1S/C18H27N3O3/c22-15-6-4-14(5-7-15)18(23)20-13-17(16-3-1-2-8-19-16)21-9-11-24-12-10-21/h1-3,8,14-15,17,22H,4-7,9-13H2,(H,20,23)/t14?,15?,17-/m1/s1. The Morgan fingerprint density at radius 2 is 2.04 bits per heavy atom. The van der Waals surface area contributed by atoms with Crippen LogP contribution in [0.25, 0.3) is 0 Å². The van der Waals surface area contributed by atoms with Crippen molar-refractivity contribution in [1.29, 1.82) is 0 Å². The number of ether oxygens (including phenoxy) is 1. The van der Waals surface area contributed by atoms with Crippen molar-refractivity contribution >= 4 is 5.91 Å². The van der Waals surface area contributed by atoms with Crippen molar-refractivity contribution in [3.63, 3.8) is 0 Å². The van der Waals surface area contributed by atoms with E-state index in [-0.39, 0.29) is 24.0 Å². The zero-order valence-corrected chi connectivity index (χ0v) is 14.1. The fourth-order valence-electron chi connectivity index (χ4n) is 3.56. The lowest BCUT2D eigenvalue weighted by atomic mass is 9.87. The Kier molecular flexibility index (Phi) is 6.18. The Labute approximate surface area is 143 Å². The summed E-state index contributed by atoms with van der Waals surface area (Å²) in [5.41, 5.74) is 0.985. The zero-order chi connectivity index (χ0) is 16.8. The van der Waals surface area contributed by atoms with Gasteiger partial charge in [-0.2, -0.15) is 0 Å². The molecule has 1 atom stereocenters. The van der Waals surface area contributed by atoms with Gasteiger partial charge in [0.1, 0.15) is 0 Å². The smallest absolute Gasteiger partial charge is 0.223 e. The molecular weight excluding hydrogens is 306 g/mol. The molecule has 3 rings (SSSR count). The van der Waals surface area contributed by atoms with Crippen molar-refractivity contribution in [2.75, 3.05) is 32.8 Å². The number of morpholine rings is 1. The zero-order valence-electron chi connectivity index (χ0n) is 14.1. The number of aliphatic hydroxyl groups is 1. The third-order valence-electron chi connectivity index (χ3n) is 5.05. The molecule has 6 heteroatoms. The number of pyridine rings is 1. The summed E-state index contributed by atoms with van der Waals surface area (Å²) in [4.78, 5) is 19.3. The summed E-state index contributed by atoms with van der Waals surface area (Å²) in [7, 11) is 0. The molecule has 1 aromatic heterocycles. The van der Waals surface area contributed by atoms with E-state index in [1.807, 2.05) is 18.2 Å². The molecule has 0 spiro atoms. The quantitative estimate of drug-likeness (QED) is 0.845. The van der Waals surface area contributed by atoms with E-state index in [0.29, 0.717) is 6.54 Å². The molecule has 2 heterocycles. The van der Waals surface area contributed by atoms with Gasteiger partial charge in [0.15, 0.2) is 0 Å². The van der Waals surface area contributed by atoms with Gasteiger partial charge in [0.25, 0.3) is 0 Å². The van der Waals surface area contributed by atoms with Gasteiger partial charge in [-0.05, 0) is 37.8 Å². The SMILES string of the molecule is O=C(NC[C@H](c1ccccn1)N1CCOCC1)C1CCC(O)CC1. The molecule has 0 radical (unpaired) electrons. The van der Waals surface area contributed by atoms with Crippen LogP contribution in [0, 0.1) is 5.92 Å². The van der Waals surface area contributed by atoms with Crippen LogP contribution in [-0.2, 0) is 9.53 Å². The summed E-state index contributed by atoms with van der Waals surface area (Å²) in [5.74, 6) is 0.138. The first-order chi connectivity index (χ1) is 11.7. The second-order valence-electron chi connectivity index (χ2n) is 6.67. The molecule has 0 aromatic carbocycles. The second kappa shape index (κ2) is 8.55. The van der Waals surface area contributed by atoms with Gasteiger partial charge in [-0.1, -0.05) is 6.07 Å². The van der Waals surface area contributed by atoms with Crippen molar-refractivity contribution in [3.05, 3.63) is 30.1 Å². The van der Waals surface area contributed by atoms with E-state index in [0.717, 1.165) is 57.7 Å². The van der Waals surface area contributed by atoms with Gasteiger partial charge in [-0.15, -0.1) is 0 Å². The van der Waals surface area contributed by atoms with Gasteiger partial charge in [0.2, 0.25) is 5.91 Å². The summed E-state index contributed by atoms with van der Waals surface area (Å²) in [5, 5.41) is 12.7. The molecule has 0 unspecified atom stereocenters. The number of rotatable bonds is 5. The van der Waals surface area contributed by atoms with Crippen LogP contribution in [-0.4, -0.2) is 59.8 Å². The average Bonchev–Trinajstić information content (AvgIpc) is 2.64. The lowest BCUT2D eigenvalue weighted by molar-refractivity contribution is -0.126. The number of carbonyl (C=O) groups is 1. The summed E-state index contributed by atoms with van der Waals surface area (Å²) in [6.07, 6.45) is 4.57. The average molecular weight is 333 g/mol. The highest BCUT2D eigenvalue weighted by Gasteiger charge is 2.28. The van der Waals surface area contributed by atoms with E-state index in [1.165, 1.54) is 0 Å². The predicted molar refractivity (Wildman–Crippen MR) is 90.3 cm³/mol. The number of nitrogens with zero attached hydrogens (tertiary/aromatic N) is 2. The Morgan fingerprint density at radius 1 is 1.29 bits per heavy atom. The fourth-order valence-corrected chi connectivity index (χ4v) is 3.56. The Morgan fingerprint density at radius 3 is 2.71 bits per heavy atom. The molecule has 2 fully saturated rings. The van der Waals surface area contributed by atoms with Gasteiger partial charge in [-0.25, -0.2) is 0 Å². The fraction of sp³-hybridized carbons (Fsp3) is 0.667. The van der Waals surface area contributed by atoms with Crippen LogP contribution in [0.5, 0.6) is 0 Å². The van der Waals surface area contributed by atoms with Crippen LogP contribution in [0.15, 0.2) is 24.4 Å². The van der Waals surface area contributed by atoms with E-state index < -0.39 is 0 Å². The number of nitrogens with one attached hydrogen (secondary N) is 1. The first-order valence-electron chi connectivity index (χ1n) is 8.92. The van der Waals surface area contributed by atoms with Crippen LogP contribution in [0.1, 0.15) is 37.4 Å². The van der Waals surface area contributed by atoms with E-state index in [9.17, 15) is 9.90 Å². The second-order valence-corrected chi connectivity index (χ2v) is 6.67. The highest BCUT2D eigenvalue weighted by atomic mass is 16.5. The molecule has 24 heavy (non-hydrogen) atoms. The first-order valence-corrected chi connectivity index (χ1v) is 8.92. The maximum Gasteiger partial charge on any atom is 0.223 e. The number of hydrogen-bond acceptors (Lipinski definition) is 5. The number of hydrogen-bond donors (Lipinski definition) is 2. The number of aromatic nitrogens is 1. The van der Waals surface area contributed by atoms with E-state index in [2.05, 4.69) is 15.2 Å². The van der Waals surface area contributed by atoms with Crippen LogP contribution in [0.4, 0.5) is 0 Å². The summed E-state index contributed by atoms with van der Waals surface area (Å²) >= 11 is 0. The minimum atomic E-state index is -0.233. The molecular formula is C18H27N3O3. The van der Waals surface area contributed by atoms with Crippen molar-refractivity contribution in [3.8, 4) is 0 Å². The normalized spacial score (nSPS) is 26.7. The molecule has 2 aliphatic rings. The van der Waals surface area contributed by atoms with E-state index in [4.69, 9.17) is 4.74 Å². The van der Waals surface area contributed by atoms with Gasteiger partial charge >= 0.3 is 0 Å². The van der Waals surface area contributed by atoms with Gasteiger partial charge in [-0.3, -0.25) is 14.7 Å². The monoisotopic (exact) mass is 333 g/mol. The van der Waals surface area contributed by atoms with Crippen molar-refractivity contribution in [2.24, 2.45) is 5.92 Å². The van der Waals surface area contributed by atoms with Gasteiger partial charge < -0.3 is 15.2 Å². The Balaban J connectivity index is 1.60. The van der Waals surface area contributed by atoms with Crippen LogP contribution in [0.3, 0.4) is 0 Å². The maximum absolute atomic E-state index is 12.5. The number of carbonyl (C=O) groups excluding carboxylic acids is 1. The topological polar surface area (TPSA) is 74.7 Å². The number of aliphatic hydroxyl groups excluding tert-OH is 1. The molecule has 1 aromatic rings. The molecule has 132 valence electrons. The molecule has 1 aliphatic carbocycles. The molecule has 1 saturated heterocycles. The highest BCUT2D eigenvalue weighted by Crippen LogP contribution is 2.25. The molecule has 6 nitrogen and oxygen atoms in total. The lowest BCUT2D eigenvalue weighted by Crippen LogP contribution is -2.45. The Bertz CT molecular complexity index is 512. The van der Waals surface area contributed by atoms with E-state index >= 15 is 0 Å². The van der Waals surface area contributed by atoms with Crippen molar-refractivity contribution in [2.45, 2.75) is 37.8 Å². The molecule has 1 aliphatic heterocycles. The van der Waals surface area contributed by atoms with Gasteiger partial charge in [0, 0.05) is 31.7 Å². The largest absolute Gasteiger partial charge is 0.393 e. The minimum absolute atomic E-state index is 0.0301. The third-order valence-corrected chi connectivity index (χ3v) is 5.05.